The van der Waals surface area contributed by atoms with Crippen molar-refractivity contribution in [1.82, 2.24) is 4.98 Å². The molecule has 0 unspecified atom stereocenters. The quantitative estimate of drug-likeness (QED) is 0.615. The van der Waals surface area contributed by atoms with E-state index in [2.05, 4.69) is 46.8 Å². The van der Waals surface area contributed by atoms with Crippen LogP contribution < -0.4 is 4.72 Å². The van der Waals surface area contributed by atoms with Gasteiger partial charge in [0.15, 0.2) is 0 Å². The fourth-order valence-corrected chi connectivity index (χ4v) is 2.14. The molecule has 0 saturated carbocycles. The minimum Gasteiger partial charge on any atom is -0.305 e. The average Bonchev–Trinajstić information content (AvgIpc) is 2.07. The van der Waals surface area contributed by atoms with Gasteiger partial charge >= 0.3 is 0 Å². The Morgan fingerprint density at radius 3 is 3.00 bits per heavy atom. The highest BCUT2D eigenvalue weighted by atomic mass is 127. The predicted molar refractivity (Wildman–Crippen MR) is 66.9 cm³/mol. The molecule has 0 radical (unpaired) electrons. The molecule has 0 saturated heterocycles. The van der Waals surface area contributed by atoms with Gasteiger partial charge in [-0.15, -0.1) is 0 Å². The number of nitrogens with one attached hydrogen (secondary N) is 1. The third kappa shape index (κ3) is 2.40. The van der Waals surface area contributed by atoms with Crippen LogP contribution in [-0.4, -0.2) is 4.98 Å². The minimum absolute atomic E-state index is 0.706. The predicted octanol–water partition coefficient (Wildman–Crippen LogP) is 4.22. The molecular weight excluding hydrogens is 374 g/mol. The molecule has 0 aliphatic rings. The summed E-state index contributed by atoms with van der Waals surface area (Å²) in [5, 5.41) is 0.706. The van der Waals surface area contributed by atoms with Gasteiger partial charge in [-0.05, 0) is 22.9 Å². The van der Waals surface area contributed by atoms with Gasteiger partial charge in [0.25, 0.3) is 0 Å². The zero-order valence-corrected chi connectivity index (χ0v) is 11.4. The minimum atomic E-state index is 0.706. The molecule has 0 fully saturated rings. The fourth-order valence-electron chi connectivity index (χ4n) is 0.697. The van der Waals surface area contributed by atoms with Crippen molar-refractivity contribution in [3.63, 3.8) is 0 Å². The highest BCUT2D eigenvalue weighted by Crippen LogP contribution is 2.30. The summed E-state index contributed by atoms with van der Waals surface area (Å²) in [6.07, 6.45) is 1.69. The molecule has 0 amide bonds. The van der Waals surface area contributed by atoms with E-state index in [0.717, 1.165) is 15.9 Å². The van der Waals surface area contributed by atoms with Crippen LogP contribution in [0.5, 0.6) is 0 Å². The third-order valence-corrected chi connectivity index (χ3v) is 3.58. The maximum absolute atomic E-state index is 5.98. The Hall–Kier alpha value is 0.800. The molecule has 0 aromatic carbocycles. The van der Waals surface area contributed by atoms with Crippen molar-refractivity contribution in [3.05, 3.63) is 21.3 Å². The van der Waals surface area contributed by atoms with E-state index in [1.54, 1.807) is 6.20 Å². The summed E-state index contributed by atoms with van der Waals surface area (Å²) in [5.74, 6) is 0.808. The van der Waals surface area contributed by atoms with Crippen LogP contribution in [0.1, 0.15) is 5.56 Å². The highest BCUT2D eigenvalue weighted by Gasteiger charge is 2.06. The van der Waals surface area contributed by atoms with Crippen molar-refractivity contribution in [2.45, 2.75) is 6.92 Å². The standard InChI is InChI=1S/C6H5BrClIN2S/c1-3-5(8)4(7)2-10-6(3)11-12-9/h2H,1H3,(H,10,11). The zero-order chi connectivity index (χ0) is 9.14. The Morgan fingerprint density at radius 2 is 2.42 bits per heavy atom. The largest absolute Gasteiger partial charge is 0.305 e. The summed E-state index contributed by atoms with van der Waals surface area (Å²) < 4.78 is 3.86. The summed E-state index contributed by atoms with van der Waals surface area (Å²) >= 11 is 11.4. The second-order valence-electron chi connectivity index (χ2n) is 2.07. The Labute approximate surface area is 101 Å². The number of hydrogen-bond donors (Lipinski definition) is 1. The van der Waals surface area contributed by atoms with Crippen molar-refractivity contribution in [3.8, 4) is 0 Å². The molecule has 1 aromatic heterocycles. The van der Waals surface area contributed by atoms with Crippen molar-refractivity contribution in [2.24, 2.45) is 0 Å². The number of nitrogens with zero attached hydrogens (tertiary/aromatic N) is 1. The Bertz CT molecular complexity index is 297. The van der Waals surface area contributed by atoms with Gasteiger partial charge in [-0.2, -0.15) is 0 Å². The van der Waals surface area contributed by atoms with E-state index >= 15 is 0 Å². The van der Waals surface area contributed by atoms with Gasteiger partial charge in [0.05, 0.1) is 9.50 Å². The van der Waals surface area contributed by atoms with Crippen LogP contribution in [0.4, 0.5) is 5.82 Å². The van der Waals surface area contributed by atoms with Crippen LogP contribution in [0, 0.1) is 6.92 Å². The molecular formula is C6H5BrClIN2S. The van der Waals surface area contributed by atoms with Crippen LogP contribution >= 0.6 is 57.9 Å². The molecule has 0 spiro atoms. The monoisotopic (exact) mass is 378 g/mol. The molecule has 2 nitrogen and oxygen atoms in total. The number of aromatic nitrogens is 1. The Kier molecular flexibility index (Phi) is 4.42. The van der Waals surface area contributed by atoms with E-state index in [-0.39, 0.29) is 0 Å². The lowest BCUT2D eigenvalue weighted by Crippen LogP contribution is -1.92. The fraction of sp³-hybridized carbons (Fsp3) is 0.167. The molecule has 12 heavy (non-hydrogen) atoms. The summed E-state index contributed by atoms with van der Waals surface area (Å²) in [4.78, 5) is 4.16. The lowest BCUT2D eigenvalue weighted by Gasteiger charge is -2.06. The first kappa shape index (κ1) is 10.9. The first-order chi connectivity index (χ1) is 5.66. The molecule has 6 heteroatoms. The Balaban J connectivity index is 3.08. The first-order valence-corrected chi connectivity index (χ1v) is 7.54. The summed E-state index contributed by atoms with van der Waals surface area (Å²) in [6, 6.07) is 0. The van der Waals surface area contributed by atoms with E-state index in [9.17, 15) is 0 Å². The maximum Gasteiger partial charge on any atom is 0.140 e. The number of pyridine rings is 1. The average molecular weight is 379 g/mol. The maximum atomic E-state index is 5.98. The Morgan fingerprint density at radius 1 is 1.75 bits per heavy atom. The van der Waals surface area contributed by atoms with E-state index in [1.165, 1.54) is 9.12 Å². The molecule has 66 valence electrons. The van der Waals surface area contributed by atoms with Crippen molar-refractivity contribution < 1.29 is 0 Å². The van der Waals surface area contributed by atoms with E-state index in [1.807, 2.05) is 6.92 Å². The molecule has 1 aromatic rings. The normalized spacial score (nSPS) is 10.0. The van der Waals surface area contributed by atoms with Crippen molar-refractivity contribution in [2.75, 3.05) is 4.72 Å². The van der Waals surface area contributed by atoms with Gasteiger partial charge in [0.1, 0.15) is 5.82 Å². The molecule has 1 rings (SSSR count). The van der Waals surface area contributed by atoms with E-state index in [4.69, 9.17) is 11.6 Å². The van der Waals surface area contributed by atoms with Crippen molar-refractivity contribution >= 4 is 63.7 Å². The second kappa shape index (κ2) is 4.88. The van der Waals surface area contributed by atoms with Crippen LogP contribution in [0.3, 0.4) is 0 Å². The topological polar surface area (TPSA) is 24.9 Å². The van der Waals surface area contributed by atoms with E-state index < -0.39 is 0 Å². The SMILES string of the molecule is Cc1c(NSI)ncc(Br)c1Cl. The lowest BCUT2D eigenvalue weighted by molar-refractivity contribution is 1.26. The number of hydrogen-bond acceptors (Lipinski definition) is 3. The highest BCUT2D eigenvalue weighted by molar-refractivity contribution is 14.2. The molecule has 1 N–H and O–H groups in total. The smallest absolute Gasteiger partial charge is 0.140 e. The molecule has 0 atom stereocenters. The molecule has 1 heterocycles. The second-order valence-corrected chi connectivity index (χ2v) is 4.98. The van der Waals surface area contributed by atoms with E-state index in [0.29, 0.717) is 5.02 Å². The molecule has 0 bridgehead atoms. The number of anilines is 1. The summed E-state index contributed by atoms with van der Waals surface area (Å²) in [5.41, 5.74) is 0.954. The van der Waals surface area contributed by atoms with Crippen molar-refractivity contribution in [1.29, 1.82) is 0 Å². The van der Waals surface area contributed by atoms with Crippen LogP contribution in [0.2, 0.25) is 5.02 Å². The summed E-state index contributed by atoms with van der Waals surface area (Å²) in [7, 11) is 1.47. The van der Waals surface area contributed by atoms with Crippen LogP contribution in [-0.2, 0) is 0 Å². The van der Waals surface area contributed by atoms with Gasteiger partial charge in [-0.25, -0.2) is 4.98 Å². The molecule has 0 aliphatic carbocycles. The van der Waals surface area contributed by atoms with Gasteiger partial charge in [-0.1, -0.05) is 11.6 Å². The number of rotatable bonds is 2. The van der Waals surface area contributed by atoms with Gasteiger partial charge in [-0.3, -0.25) is 0 Å². The first-order valence-electron chi connectivity index (χ1n) is 3.01. The molecule has 0 aliphatic heterocycles. The third-order valence-electron chi connectivity index (χ3n) is 1.34. The van der Waals surface area contributed by atoms with Gasteiger partial charge in [0, 0.05) is 42.1 Å². The lowest BCUT2D eigenvalue weighted by atomic mass is 10.3. The van der Waals surface area contributed by atoms with Gasteiger partial charge < -0.3 is 4.72 Å². The van der Waals surface area contributed by atoms with Gasteiger partial charge in [0.2, 0.25) is 0 Å². The van der Waals surface area contributed by atoms with Crippen LogP contribution in [0.15, 0.2) is 10.7 Å². The number of halogens is 3. The van der Waals surface area contributed by atoms with Crippen LogP contribution in [0.25, 0.3) is 0 Å². The zero-order valence-electron chi connectivity index (χ0n) is 6.07. The summed E-state index contributed by atoms with van der Waals surface area (Å²) in [6.45, 7) is 1.93.